The minimum atomic E-state index is -0.324. The molecule has 0 fully saturated rings. The number of Topliss-reactive ketones (excluding diaryl/α,β-unsaturated/α-hetero) is 1. The third-order valence-electron chi connectivity index (χ3n) is 4.30. The average molecular weight is 281 g/mol. The first-order valence-corrected chi connectivity index (χ1v) is 7.19. The number of hydrogen-bond donors (Lipinski definition) is 2. The molecule has 1 aliphatic carbocycles. The Morgan fingerprint density at radius 2 is 1.71 bits per heavy atom. The van der Waals surface area contributed by atoms with Gasteiger partial charge in [0.2, 0.25) is 0 Å². The lowest BCUT2D eigenvalue weighted by Gasteiger charge is -2.18. The summed E-state index contributed by atoms with van der Waals surface area (Å²) in [5, 5.41) is 13.3. The molecule has 0 amide bonds. The van der Waals surface area contributed by atoms with Gasteiger partial charge in [-0.3, -0.25) is 4.79 Å². The van der Waals surface area contributed by atoms with Crippen molar-refractivity contribution in [1.82, 2.24) is 0 Å². The van der Waals surface area contributed by atoms with Crippen LogP contribution in [0.5, 0.6) is 5.75 Å². The van der Waals surface area contributed by atoms with Gasteiger partial charge in [0.05, 0.1) is 11.6 Å². The normalized spacial score (nSPS) is 20.4. The molecule has 0 aromatic heterocycles. The number of aryl methyl sites for hydroxylation is 2. The molecule has 2 N–H and O–H groups in total. The zero-order valence-corrected chi connectivity index (χ0v) is 12.5. The van der Waals surface area contributed by atoms with Crippen LogP contribution in [-0.4, -0.2) is 16.9 Å². The van der Waals surface area contributed by atoms with Crippen LogP contribution < -0.4 is 5.32 Å². The molecule has 2 aromatic rings. The molecular formula is C18H19NO2. The van der Waals surface area contributed by atoms with Gasteiger partial charge in [0.25, 0.3) is 0 Å². The van der Waals surface area contributed by atoms with Crippen molar-refractivity contribution in [3.8, 4) is 5.75 Å². The molecule has 0 heterocycles. The molecule has 2 unspecified atom stereocenters. The van der Waals surface area contributed by atoms with Crippen LogP contribution in [0.2, 0.25) is 0 Å². The van der Waals surface area contributed by atoms with Crippen molar-refractivity contribution in [3.05, 3.63) is 58.7 Å². The summed E-state index contributed by atoms with van der Waals surface area (Å²) < 4.78 is 0. The van der Waals surface area contributed by atoms with Crippen LogP contribution in [0, 0.1) is 13.8 Å². The van der Waals surface area contributed by atoms with Gasteiger partial charge in [-0.2, -0.15) is 0 Å². The van der Waals surface area contributed by atoms with Crippen LogP contribution in [0.1, 0.15) is 39.9 Å². The Hall–Kier alpha value is -2.29. The largest absolute Gasteiger partial charge is 0.507 e. The summed E-state index contributed by atoms with van der Waals surface area (Å²) in [4.78, 5) is 12.6. The Bertz CT molecular complexity index is 704. The second-order valence-corrected chi connectivity index (χ2v) is 5.83. The number of carbonyl (C=O) groups excluding carboxylic acids is 1. The van der Waals surface area contributed by atoms with Crippen molar-refractivity contribution in [1.29, 1.82) is 0 Å². The van der Waals surface area contributed by atoms with Gasteiger partial charge >= 0.3 is 0 Å². The molecule has 2 aromatic carbocycles. The predicted molar refractivity (Wildman–Crippen MR) is 84.2 cm³/mol. The van der Waals surface area contributed by atoms with Gasteiger partial charge in [0, 0.05) is 11.6 Å². The van der Waals surface area contributed by atoms with Crippen molar-refractivity contribution in [2.75, 3.05) is 5.32 Å². The number of anilines is 1. The molecule has 0 saturated carbocycles. The Labute approximate surface area is 124 Å². The number of phenols is 1. The van der Waals surface area contributed by atoms with E-state index in [1.807, 2.05) is 51.1 Å². The highest BCUT2D eigenvalue weighted by atomic mass is 16.3. The maximum atomic E-state index is 12.6. The van der Waals surface area contributed by atoms with Crippen LogP contribution in [-0.2, 0) is 0 Å². The quantitative estimate of drug-likeness (QED) is 0.880. The van der Waals surface area contributed by atoms with Gasteiger partial charge < -0.3 is 10.4 Å². The van der Waals surface area contributed by atoms with Crippen molar-refractivity contribution in [3.63, 3.8) is 0 Å². The van der Waals surface area contributed by atoms with Crippen LogP contribution in [0.25, 0.3) is 0 Å². The summed E-state index contributed by atoms with van der Waals surface area (Å²) in [5.41, 5.74) is 4.60. The van der Waals surface area contributed by atoms with E-state index in [4.69, 9.17) is 0 Å². The molecular weight excluding hydrogens is 262 g/mol. The van der Waals surface area contributed by atoms with Crippen molar-refractivity contribution in [2.24, 2.45) is 0 Å². The van der Waals surface area contributed by atoms with Crippen LogP contribution in [0.4, 0.5) is 5.69 Å². The Morgan fingerprint density at radius 1 is 1.05 bits per heavy atom. The predicted octanol–water partition coefficient (Wildman–Crippen LogP) is 3.79. The lowest BCUT2D eigenvalue weighted by Crippen LogP contribution is -2.28. The SMILES string of the molecule is Cc1ccc(NC2C(=O)c3c(O)ccc(C)c3C2C)cc1. The average Bonchev–Trinajstić information content (AvgIpc) is 2.71. The maximum absolute atomic E-state index is 12.6. The molecule has 0 radical (unpaired) electrons. The topological polar surface area (TPSA) is 49.3 Å². The first-order chi connectivity index (χ1) is 9.99. The van der Waals surface area contributed by atoms with Gasteiger partial charge in [-0.15, -0.1) is 0 Å². The van der Waals surface area contributed by atoms with Crippen molar-refractivity contribution < 1.29 is 9.90 Å². The Kier molecular flexibility index (Phi) is 3.20. The first-order valence-electron chi connectivity index (χ1n) is 7.19. The van der Waals surface area contributed by atoms with E-state index in [9.17, 15) is 9.90 Å². The van der Waals surface area contributed by atoms with E-state index >= 15 is 0 Å². The fraction of sp³-hybridized carbons (Fsp3) is 0.278. The van der Waals surface area contributed by atoms with E-state index in [1.54, 1.807) is 6.07 Å². The molecule has 21 heavy (non-hydrogen) atoms. The molecule has 1 aliphatic rings. The third kappa shape index (κ3) is 2.19. The number of fused-ring (bicyclic) bond motifs is 1. The number of nitrogens with one attached hydrogen (secondary N) is 1. The third-order valence-corrected chi connectivity index (χ3v) is 4.30. The highest BCUT2D eigenvalue weighted by Crippen LogP contribution is 2.41. The van der Waals surface area contributed by atoms with Gasteiger partial charge in [-0.05, 0) is 43.2 Å². The molecule has 0 spiro atoms. The lowest BCUT2D eigenvalue weighted by molar-refractivity contribution is 0.0974. The number of benzene rings is 2. The lowest BCUT2D eigenvalue weighted by atomic mass is 9.96. The summed E-state index contributed by atoms with van der Waals surface area (Å²) in [5.74, 6) is 0.0980. The fourth-order valence-corrected chi connectivity index (χ4v) is 3.13. The number of phenolic OH excluding ortho intramolecular Hbond substituents is 1. The summed E-state index contributed by atoms with van der Waals surface area (Å²) in [6, 6.07) is 11.1. The molecule has 3 nitrogen and oxygen atoms in total. The monoisotopic (exact) mass is 281 g/mol. The van der Waals surface area contributed by atoms with Crippen LogP contribution in [0.3, 0.4) is 0 Å². The molecule has 3 rings (SSSR count). The first kappa shape index (κ1) is 13.7. The Morgan fingerprint density at radius 3 is 2.33 bits per heavy atom. The summed E-state index contributed by atoms with van der Waals surface area (Å²) in [6.07, 6.45) is 0. The minimum Gasteiger partial charge on any atom is -0.507 e. The fourth-order valence-electron chi connectivity index (χ4n) is 3.13. The van der Waals surface area contributed by atoms with E-state index in [1.165, 1.54) is 5.56 Å². The molecule has 0 bridgehead atoms. The molecule has 3 heteroatoms. The number of hydrogen-bond acceptors (Lipinski definition) is 3. The molecule has 0 saturated heterocycles. The van der Waals surface area contributed by atoms with E-state index in [2.05, 4.69) is 5.32 Å². The number of carbonyl (C=O) groups is 1. The summed E-state index contributed by atoms with van der Waals surface area (Å²) >= 11 is 0. The van der Waals surface area contributed by atoms with Crippen molar-refractivity contribution in [2.45, 2.75) is 32.7 Å². The summed E-state index contributed by atoms with van der Waals surface area (Å²) in [7, 11) is 0. The van der Waals surface area contributed by atoms with E-state index in [0.29, 0.717) is 5.56 Å². The van der Waals surface area contributed by atoms with Crippen LogP contribution in [0.15, 0.2) is 36.4 Å². The van der Waals surface area contributed by atoms with Gasteiger partial charge in [-0.25, -0.2) is 0 Å². The second kappa shape index (κ2) is 4.92. The number of ketones is 1. The Balaban J connectivity index is 1.96. The van der Waals surface area contributed by atoms with E-state index in [0.717, 1.165) is 16.8 Å². The van der Waals surface area contributed by atoms with Gasteiger partial charge in [-0.1, -0.05) is 30.7 Å². The van der Waals surface area contributed by atoms with Gasteiger partial charge in [0.1, 0.15) is 5.75 Å². The molecule has 2 atom stereocenters. The molecule has 108 valence electrons. The number of aromatic hydroxyl groups is 1. The van der Waals surface area contributed by atoms with E-state index in [-0.39, 0.29) is 23.5 Å². The zero-order chi connectivity index (χ0) is 15.1. The summed E-state index contributed by atoms with van der Waals surface area (Å²) in [6.45, 7) is 6.04. The van der Waals surface area contributed by atoms with E-state index < -0.39 is 0 Å². The van der Waals surface area contributed by atoms with Crippen LogP contribution >= 0.6 is 0 Å². The van der Waals surface area contributed by atoms with Crippen molar-refractivity contribution >= 4 is 11.5 Å². The molecule has 0 aliphatic heterocycles. The highest BCUT2D eigenvalue weighted by Gasteiger charge is 2.39. The minimum absolute atomic E-state index is 0.0284. The zero-order valence-electron chi connectivity index (χ0n) is 12.5. The van der Waals surface area contributed by atoms with Gasteiger partial charge in [0.15, 0.2) is 5.78 Å². The maximum Gasteiger partial charge on any atom is 0.189 e. The number of rotatable bonds is 2. The highest BCUT2D eigenvalue weighted by molar-refractivity contribution is 6.09. The second-order valence-electron chi connectivity index (χ2n) is 5.83. The smallest absolute Gasteiger partial charge is 0.189 e. The standard InChI is InChI=1S/C18H19NO2/c1-10-4-7-13(8-5-10)19-17-12(3)15-11(2)6-9-14(20)16(15)18(17)21/h4-9,12,17,19-20H,1-3H3.